The van der Waals surface area contributed by atoms with Crippen molar-refractivity contribution in [3.63, 3.8) is 0 Å². The Labute approximate surface area is 112 Å². The predicted octanol–water partition coefficient (Wildman–Crippen LogP) is 0.169. The lowest BCUT2D eigenvalue weighted by Crippen LogP contribution is -2.58. The lowest BCUT2D eigenvalue weighted by atomic mass is 9.88. The van der Waals surface area contributed by atoms with Crippen molar-refractivity contribution < 1.29 is 14.4 Å². The average Bonchev–Trinajstić information content (AvgIpc) is 2.52. The number of nitrogens with one attached hydrogen (secondary N) is 3. The number of carbonyl (C=O) groups excluding carboxylic acids is 3. The molecule has 2 aliphatic rings. The molecule has 0 bridgehead atoms. The van der Waals surface area contributed by atoms with E-state index >= 15 is 0 Å². The van der Waals surface area contributed by atoms with Gasteiger partial charge in [0, 0.05) is 18.6 Å². The Bertz CT molecular complexity index is 419. The minimum Gasteiger partial charge on any atom is -0.333 e. The van der Waals surface area contributed by atoms with Crippen molar-refractivity contribution >= 4 is 18.0 Å². The number of nitrogens with zero attached hydrogens (tertiary/aromatic N) is 1. The van der Waals surface area contributed by atoms with Gasteiger partial charge in [-0.1, -0.05) is 0 Å². The Morgan fingerprint density at radius 3 is 2.26 bits per heavy atom. The second-order valence-electron chi connectivity index (χ2n) is 6.16. The topological polar surface area (TPSA) is 90.5 Å². The van der Waals surface area contributed by atoms with E-state index < -0.39 is 11.6 Å². The van der Waals surface area contributed by atoms with E-state index in [-0.39, 0.29) is 17.5 Å². The SMILES string of the molecule is CC(C)(C)NC(=O)N1CCC2(CC1)NC(=O)NC2=O. The minimum atomic E-state index is -0.824. The van der Waals surface area contributed by atoms with Crippen LogP contribution in [0.15, 0.2) is 0 Å². The van der Waals surface area contributed by atoms with Crippen LogP contribution in [0.25, 0.3) is 0 Å². The second kappa shape index (κ2) is 4.40. The highest BCUT2D eigenvalue weighted by atomic mass is 16.2. The zero-order valence-electron chi connectivity index (χ0n) is 11.5. The number of imide groups is 1. The monoisotopic (exact) mass is 268 g/mol. The summed E-state index contributed by atoms with van der Waals surface area (Å²) in [4.78, 5) is 36.6. The Morgan fingerprint density at radius 2 is 1.84 bits per heavy atom. The molecule has 106 valence electrons. The van der Waals surface area contributed by atoms with Crippen LogP contribution in [0.3, 0.4) is 0 Å². The number of carbonyl (C=O) groups is 3. The van der Waals surface area contributed by atoms with Gasteiger partial charge < -0.3 is 15.5 Å². The highest BCUT2D eigenvalue weighted by Crippen LogP contribution is 2.25. The molecule has 0 unspecified atom stereocenters. The first-order valence-electron chi connectivity index (χ1n) is 6.43. The van der Waals surface area contributed by atoms with Gasteiger partial charge in [0.25, 0.3) is 5.91 Å². The van der Waals surface area contributed by atoms with Gasteiger partial charge in [-0.2, -0.15) is 0 Å². The maximum atomic E-state index is 12.0. The van der Waals surface area contributed by atoms with Crippen molar-refractivity contribution in [3.05, 3.63) is 0 Å². The summed E-state index contributed by atoms with van der Waals surface area (Å²) in [6.07, 6.45) is 0.893. The van der Waals surface area contributed by atoms with Crippen LogP contribution in [0.5, 0.6) is 0 Å². The second-order valence-corrected chi connectivity index (χ2v) is 6.16. The first-order valence-corrected chi connectivity index (χ1v) is 6.43. The molecule has 0 aromatic carbocycles. The standard InChI is InChI=1S/C12H20N4O3/c1-11(2,3)15-10(19)16-6-4-12(5-7-16)8(17)13-9(18)14-12/h4-7H2,1-3H3,(H,15,19)(H2,13,14,17,18). The summed E-state index contributed by atoms with van der Waals surface area (Å²) in [5.41, 5.74) is -1.11. The van der Waals surface area contributed by atoms with Gasteiger partial charge in [-0.3, -0.25) is 10.1 Å². The molecule has 1 spiro atoms. The van der Waals surface area contributed by atoms with Crippen LogP contribution in [0.2, 0.25) is 0 Å². The zero-order valence-corrected chi connectivity index (χ0v) is 11.5. The van der Waals surface area contributed by atoms with Crippen molar-refractivity contribution in [2.24, 2.45) is 0 Å². The molecule has 2 rings (SSSR count). The Hall–Kier alpha value is -1.79. The summed E-state index contributed by atoms with van der Waals surface area (Å²) in [5, 5.41) is 7.81. The van der Waals surface area contributed by atoms with Crippen molar-refractivity contribution in [1.29, 1.82) is 0 Å². The molecule has 2 saturated heterocycles. The number of rotatable bonds is 0. The highest BCUT2D eigenvalue weighted by molar-refractivity contribution is 6.07. The summed E-state index contributed by atoms with van der Waals surface area (Å²) in [7, 11) is 0. The van der Waals surface area contributed by atoms with Gasteiger partial charge in [0.1, 0.15) is 5.54 Å². The van der Waals surface area contributed by atoms with Crippen LogP contribution >= 0.6 is 0 Å². The molecule has 0 atom stereocenters. The molecular weight excluding hydrogens is 248 g/mol. The Kier molecular flexibility index (Phi) is 3.15. The van der Waals surface area contributed by atoms with E-state index in [0.29, 0.717) is 25.9 Å². The number of urea groups is 2. The maximum absolute atomic E-state index is 12.0. The summed E-state index contributed by atoms with van der Waals surface area (Å²) < 4.78 is 0. The molecule has 0 radical (unpaired) electrons. The normalized spacial score (nSPS) is 22.2. The third-order valence-electron chi connectivity index (χ3n) is 3.40. The quantitative estimate of drug-likeness (QED) is 0.547. The van der Waals surface area contributed by atoms with Gasteiger partial charge in [0.15, 0.2) is 0 Å². The first-order chi connectivity index (χ1) is 8.72. The molecule has 5 amide bonds. The van der Waals surface area contributed by atoms with Gasteiger partial charge in [0.05, 0.1) is 0 Å². The van der Waals surface area contributed by atoms with E-state index in [9.17, 15) is 14.4 Å². The molecule has 0 aromatic heterocycles. The third-order valence-corrected chi connectivity index (χ3v) is 3.40. The van der Waals surface area contributed by atoms with E-state index in [1.165, 1.54) is 0 Å². The molecule has 0 saturated carbocycles. The van der Waals surface area contributed by atoms with Crippen molar-refractivity contribution in [1.82, 2.24) is 20.9 Å². The number of hydrogen-bond donors (Lipinski definition) is 3. The number of likely N-dealkylation sites (tertiary alicyclic amines) is 1. The molecule has 7 nitrogen and oxygen atoms in total. The van der Waals surface area contributed by atoms with E-state index in [0.717, 1.165) is 0 Å². The van der Waals surface area contributed by atoms with Gasteiger partial charge in [0.2, 0.25) is 0 Å². The fourth-order valence-corrected chi connectivity index (χ4v) is 2.37. The van der Waals surface area contributed by atoms with E-state index in [4.69, 9.17) is 0 Å². The van der Waals surface area contributed by atoms with E-state index in [2.05, 4.69) is 16.0 Å². The summed E-state index contributed by atoms with van der Waals surface area (Å²) >= 11 is 0. The summed E-state index contributed by atoms with van der Waals surface area (Å²) in [6, 6.07) is -0.579. The maximum Gasteiger partial charge on any atom is 0.322 e. The number of piperidine rings is 1. The van der Waals surface area contributed by atoms with Crippen LogP contribution in [-0.4, -0.2) is 47.0 Å². The van der Waals surface area contributed by atoms with E-state index in [1.54, 1.807) is 4.90 Å². The highest BCUT2D eigenvalue weighted by Gasteiger charge is 2.48. The number of hydrogen-bond acceptors (Lipinski definition) is 3. The van der Waals surface area contributed by atoms with Gasteiger partial charge in [-0.05, 0) is 33.6 Å². The van der Waals surface area contributed by atoms with Crippen LogP contribution < -0.4 is 16.0 Å². The lowest BCUT2D eigenvalue weighted by molar-refractivity contribution is -0.125. The third kappa shape index (κ3) is 2.80. The fourth-order valence-electron chi connectivity index (χ4n) is 2.37. The first kappa shape index (κ1) is 13.6. The van der Waals surface area contributed by atoms with Gasteiger partial charge in [-0.25, -0.2) is 9.59 Å². The molecule has 0 aromatic rings. The van der Waals surface area contributed by atoms with E-state index in [1.807, 2.05) is 20.8 Å². The number of amides is 5. The molecule has 2 heterocycles. The average molecular weight is 268 g/mol. The summed E-state index contributed by atoms with van der Waals surface area (Å²) in [6.45, 7) is 6.66. The van der Waals surface area contributed by atoms with Crippen LogP contribution in [0.1, 0.15) is 33.6 Å². The van der Waals surface area contributed by atoms with Gasteiger partial charge >= 0.3 is 12.1 Å². The molecule has 7 heteroatoms. The molecule has 19 heavy (non-hydrogen) atoms. The van der Waals surface area contributed by atoms with Gasteiger partial charge in [-0.15, -0.1) is 0 Å². The fraction of sp³-hybridized carbons (Fsp3) is 0.750. The molecular formula is C12H20N4O3. The molecule has 2 fully saturated rings. The van der Waals surface area contributed by atoms with Crippen molar-refractivity contribution in [2.75, 3.05) is 13.1 Å². The Balaban J connectivity index is 1.94. The van der Waals surface area contributed by atoms with Crippen LogP contribution in [0, 0.1) is 0 Å². The largest absolute Gasteiger partial charge is 0.333 e. The predicted molar refractivity (Wildman–Crippen MR) is 68.5 cm³/mol. The molecule has 0 aliphatic carbocycles. The minimum absolute atomic E-state index is 0.132. The zero-order chi connectivity index (χ0) is 14.3. The summed E-state index contributed by atoms with van der Waals surface area (Å²) in [5.74, 6) is -0.284. The van der Waals surface area contributed by atoms with Crippen LogP contribution in [0.4, 0.5) is 9.59 Å². The van der Waals surface area contributed by atoms with Crippen molar-refractivity contribution in [3.8, 4) is 0 Å². The molecule has 3 N–H and O–H groups in total. The van der Waals surface area contributed by atoms with Crippen LogP contribution in [-0.2, 0) is 4.79 Å². The Morgan fingerprint density at radius 1 is 1.26 bits per heavy atom. The molecule has 2 aliphatic heterocycles. The van der Waals surface area contributed by atoms with Crippen molar-refractivity contribution in [2.45, 2.75) is 44.7 Å². The smallest absolute Gasteiger partial charge is 0.322 e. The lowest BCUT2D eigenvalue weighted by Gasteiger charge is -2.38.